The molecular formula is C20H26S2. The molecule has 118 valence electrons. The molecule has 2 aromatic rings. The molecule has 0 aliphatic carbocycles. The molecule has 0 aliphatic rings. The van der Waals surface area contributed by atoms with Crippen molar-refractivity contribution in [1.29, 1.82) is 0 Å². The van der Waals surface area contributed by atoms with Gasteiger partial charge in [0.25, 0.3) is 0 Å². The van der Waals surface area contributed by atoms with Gasteiger partial charge in [-0.05, 0) is 35.1 Å². The van der Waals surface area contributed by atoms with Crippen LogP contribution in [0.5, 0.6) is 0 Å². The summed E-state index contributed by atoms with van der Waals surface area (Å²) in [5.74, 6) is 0. The highest BCUT2D eigenvalue weighted by Crippen LogP contribution is 2.38. The highest BCUT2D eigenvalue weighted by molar-refractivity contribution is 7.84. The van der Waals surface area contributed by atoms with E-state index in [0.29, 0.717) is 0 Å². The lowest BCUT2D eigenvalue weighted by Crippen LogP contribution is -2.01. The topological polar surface area (TPSA) is 0 Å². The Balaban J connectivity index is 2.08. The molecule has 2 rings (SSSR count). The molecule has 0 aliphatic heterocycles. The predicted octanol–water partition coefficient (Wildman–Crippen LogP) is 6.23. The highest BCUT2D eigenvalue weighted by atomic mass is 32.1. The molecule has 2 atom stereocenters. The summed E-state index contributed by atoms with van der Waals surface area (Å²) in [4.78, 5) is 0. The fourth-order valence-electron chi connectivity index (χ4n) is 2.70. The van der Waals surface area contributed by atoms with Gasteiger partial charge in [-0.25, -0.2) is 0 Å². The summed E-state index contributed by atoms with van der Waals surface area (Å²) >= 11 is 9.61. The van der Waals surface area contributed by atoms with Crippen molar-refractivity contribution in [1.82, 2.24) is 0 Å². The van der Waals surface area contributed by atoms with Crippen LogP contribution in [0.1, 0.15) is 59.4 Å². The summed E-state index contributed by atoms with van der Waals surface area (Å²) in [7, 11) is 0. The fraction of sp³-hybridized carbons (Fsp3) is 0.400. The van der Waals surface area contributed by atoms with Crippen molar-refractivity contribution in [3.05, 3.63) is 70.8 Å². The first-order chi connectivity index (χ1) is 10.7. The normalized spacial score (nSPS) is 13.8. The minimum absolute atomic E-state index is 0.107. The molecule has 0 spiro atoms. The van der Waals surface area contributed by atoms with Crippen molar-refractivity contribution in [2.75, 3.05) is 0 Å². The molecule has 2 heteroatoms. The Morgan fingerprint density at radius 1 is 0.636 bits per heavy atom. The summed E-state index contributed by atoms with van der Waals surface area (Å²) in [6.07, 6.45) is 4.65. The van der Waals surface area contributed by atoms with Crippen molar-refractivity contribution in [3.8, 4) is 0 Å². The number of hydrogen-bond acceptors (Lipinski definition) is 2. The van der Waals surface area contributed by atoms with Gasteiger partial charge in [0.2, 0.25) is 0 Å². The second-order valence-electron chi connectivity index (χ2n) is 5.87. The van der Waals surface area contributed by atoms with Crippen molar-refractivity contribution in [2.45, 2.75) is 50.0 Å². The predicted molar refractivity (Wildman–Crippen MR) is 104 cm³/mol. The highest BCUT2D eigenvalue weighted by Gasteiger charge is 2.18. The average molecular weight is 331 g/mol. The van der Waals surface area contributed by atoms with Gasteiger partial charge in [0.05, 0.1) is 0 Å². The van der Waals surface area contributed by atoms with Crippen LogP contribution < -0.4 is 0 Å². The smallest absolute Gasteiger partial charge is 0.0424 e. The molecule has 0 nitrogen and oxygen atoms in total. The van der Waals surface area contributed by atoms with Gasteiger partial charge >= 0.3 is 0 Å². The van der Waals surface area contributed by atoms with Crippen molar-refractivity contribution < 1.29 is 0 Å². The summed E-state index contributed by atoms with van der Waals surface area (Å²) in [5, 5.41) is 0.215. The van der Waals surface area contributed by atoms with Gasteiger partial charge in [0, 0.05) is 10.5 Å². The Morgan fingerprint density at radius 2 is 0.955 bits per heavy atom. The largest absolute Gasteiger partial charge is 0.170 e. The molecule has 0 heterocycles. The zero-order valence-corrected chi connectivity index (χ0v) is 15.3. The minimum atomic E-state index is 0.107. The summed E-state index contributed by atoms with van der Waals surface area (Å²) in [6, 6.07) is 17.6. The zero-order chi connectivity index (χ0) is 15.9. The monoisotopic (exact) mass is 330 g/mol. The molecule has 0 N–H and O–H groups in total. The van der Waals surface area contributed by atoms with Crippen LogP contribution in [0.15, 0.2) is 48.5 Å². The number of benzene rings is 2. The maximum atomic E-state index is 4.80. The third-order valence-corrected chi connectivity index (χ3v) is 5.45. The molecule has 0 aromatic heterocycles. The first-order valence-corrected chi connectivity index (χ1v) is 9.22. The third kappa shape index (κ3) is 4.57. The van der Waals surface area contributed by atoms with Crippen molar-refractivity contribution in [3.63, 3.8) is 0 Å². The Morgan fingerprint density at radius 3 is 1.23 bits per heavy atom. The van der Waals surface area contributed by atoms with Gasteiger partial charge in [0.15, 0.2) is 0 Å². The van der Waals surface area contributed by atoms with Gasteiger partial charge in [-0.2, -0.15) is 25.3 Å². The molecule has 0 saturated heterocycles. The van der Waals surface area contributed by atoms with E-state index in [0.717, 1.165) is 12.8 Å². The van der Waals surface area contributed by atoms with Crippen LogP contribution in [0.2, 0.25) is 0 Å². The van der Waals surface area contributed by atoms with E-state index in [1.807, 2.05) is 0 Å². The van der Waals surface area contributed by atoms with E-state index in [4.69, 9.17) is 25.3 Å². The number of hydrogen-bond donors (Lipinski definition) is 2. The fourth-order valence-corrected chi connectivity index (χ4v) is 3.39. The SMILES string of the molecule is CCCc1ccc(C(S)C(S)c2ccc(CCC)cc2)cc1. The van der Waals surface area contributed by atoms with Crippen LogP contribution in [-0.2, 0) is 12.8 Å². The van der Waals surface area contributed by atoms with Crippen LogP contribution >= 0.6 is 25.3 Å². The summed E-state index contributed by atoms with van der Waals surface area (Å²) in [6.45, 7) is 4.42. The molecule has 2 aromatic carbocycles. The maximum absolute atomic E-state index is 4.80. The van der Waals surface area contributed by atoms with E-state index in [-0.39, 0.29) is 10.5 Å². The third-order valence-electron chi connectivity index (χ3n) is 4.02. The Kier molecular flexibility index (Phi) is 6.91. The Labute approximate surface area is 146 Å². The van der Waals surface area contributed by atoms with Crippen LogP contribution in [0.25, 0.3) is 0 Å². The van der Waals surface area contributed by atoms with E-state index < -0.39 is 0 Å². The lowest BCUT2D eigenvalue weighted by Gasteiger charge is -2.20. The summed E-state index contributed by atoms with van der Waals surface area (Å²) in [5.41, 5.74) is 5.26. The molecule has 22 heavy (non-hydrogen) atoms. The standard InChI is InChI=1S/C20H26S2/c1-3-5-15-7-11-17(12-8-15)19(21)20(22)18-13-9-16(6-4-2)10-14-18/h7-14,19-22H,3-6H2,1-2H3. The first-order valence-electron chi connectivity index (χ1n) is 8.19. The quantitative estimate of drug-likeness (QED) is 0.552. The lowest BCUT2D eigenvalue weighted by atomic mass is 9.99. The van der Waals surface area contributed by atoms with E-state index in [1.165, 1.54) is 35.1 Å². The molecule has 0 amide bonds. The molecule has 0 fully saturated rings. The van der Waals surface area contributed by atoms with Crippen molar-refractivity contribution in [2.24, 2.45) is 0 Å². The van der Waals surface area contributed by atoms with E-state index in [9.17, 15) is 0 Å². The molecule has 0 radical (unpaired) electrons. The van der Waals surface area contributed by atoms with Gasteiger partial charge < -0.3 is 0 Å². The minimum Gasteiger partial charge on any atom is -0.170 e. The second-order valence-corrected chi connectivity index (χ2v) is 6.99. The van der Waals surface area contributed by atoms with Gasteiger partial charge in [0.1, 0.15) is 0 Å². The number of thiol groups is 2. The van der Waals surface area contributed by atoms with Crippen LogP contribution in [0.4, 0.5) is 0 Å². The van der Waals surface area contributed by atoms with Crippen LogP contribution in [-0.4, -0.2) is 0 Å². The van der Waals surface area contributed by atoms with Gasteiger partial charge in [-0.1, -0.05) is 75.2 Å². The molecule has 0 bridgehead atoms. The Hall–Kier alpha value is -0.860. The zero-order valence-electron chi connectivity index (χ0n) is 13.5. The van der Waals surface area contributed by atoms with E-state index >= 15 is 0 Å². The van der Waals surface area contributed by atoms with Gasteiger partial charge in [-0.15, -0.1) is 0 Å². The summed E-state index contributed by atoms with van der Waals surface area (Å²) < 4.78 is 0. The lowest BCUT2D eigenvalue weighted by molar-refractivity contribution is 0.895. The molecule has 2 unspecified atom stereocenters. The average Bonchev–Trinajstić information content (AvgIpc) is 2.55. The second kappa shape index (κ2) is 8.69. The van der Waals surface area contributed by atoms with Crippen LogP contribution in [0.3, 0.4) is 0 Å². The first kappa shape index (κ1) is 17.5. The molecule has 0 saturated carbocycles. The van der Waals surface area contributed by atoms with Gasteiger partial charge in [-0.3, -0.25) is 0 Å². The Bertz CT molecular complexity index is 504. The number of aryl methyl sites for hydroxylation is 2. The van der Waals surface area contributed by atoms with E-state index in [1.54, 1.807) is 0 Å². The van der Waals surface area contributed by atoms with E-state index in [2.05, 4.69) is 62.4 Å². The van der Waals surface area contributed by atoms with Crippen molar-refractivity contribution >= 4 is 25.3 Å². The molecular weight excluding hydrogens is 304 g/mol. The number of rotatable bonds is 7. The maximum Gasteiger partial charge on any atom is 0.0424 e. The van der Waals surface area contributed by atoms with Crippen LogP contribution in [0, 0.1) is 0 Å².